The Balaban J connectivity index is 0.00000400. The highest BCUT2D eigenvalue weighted by molar-refractivity contribution is 6.01. The number of anilines is 2. The molecular formula is C28H28ClF3N4O2. The van der Waals surface area contributed by atoms with Crippen molar-refractivity contribution in [3.63, 3.8) is 0 Å². The SMILES string of the molecule is COC(=O)c1ccc(-c2nnc(Nc3cc(CCCN(C)C)cc(C(F)(F)F)c3)c3ccccc23)cc1.Cl. The van der Waals surface area contributed by atoms with Crippen molar-refractivity contribution in [2.24, 2.45) is 0 Å². The van der Waals surface area contributed by atoms with Crippen LogP contribution >= 0.6 is 12.4 Å². The second kappa shape index (κ2) is 12.2. The average molecular weight is 545 g/mol. The monoisotopic (exact) mass is 544 g/mol. The van der Waals surface area contributed by atoms with E-state index in [1.165, 1.54) is 13.2 Å². The fourth-order valence-corrected chi connectivity index (χ4v) is 4.10. The van der Waals surface area contributed by atoms with Gasteiger partial charge in [0.15, 0.2) is 5.82 Å². The smallest absolute Gasteiger partial charge is 0.416 e. The predicted molar refractivity (Wildman–Crippen MR) is 145 cm³/mol. The van der Waals surface area contributed by atoms with Crippen LogP contribution in [-0.2, 0) is 17.3 Å². The van der Waals surface area contributed by atoms with Crippen molar-refractivity contribution in [2.45, 2.75) is 19.0 Å². The van der Waals surface area contributed by atoms with E-state index in [0.717, 1.165) is 30.0 Å². The van der Waals surface area contributed by atoms with Crippen molar-refractivity contribution in [2.75, 3.05) is 33.1 Å². The van der Waals surface area contributed by atoms with Crippen LogP contribution in [0.5, 0.6) is 0 Å². The van der Waals surface area contributed by atoms with E-state index in [4.69, 9.17) is 4.74 Å². The number of nitrogens with zero attached hydrogens (tertiary/aromatic N) is 3. The van der Waals surface area contributed by atoms with Gasteiger partial charge >= 0.3 is 12.1 Å². The summed E-state index contributed by atoms with van der Waals surface area (Å²) in [6.45, 7) is 0.775. The van der Waals surface area contributed by atoms with Crippen LogP contribution in [0.15, 0.2) is 66.7 Å². The lowest BCUT2D eigenvalue weighted by Gasteiger charge is -2.15. The van der Waals surface area contributed by atoms with Crippen molar-refractivity contribution < 1.29 is 22.7 Å². The summed E-state index contributed by atoms with van der Waals surface area (Å²) >= 11 is 0. The molecule has 0 saturated heterocycles. The Morgan fingerprint density at radius 1 is 0.974 bits per heavy atom. The van der Waals surface area contributed by atoms with Crippen molar-refractivity contribution in [3.05, 3.63) is 83.4 Å². The number of alkyl halides is 3. The summed E-state index contributed by atoms with van der Waals surface area (Å²) in [5.74, 6) is -0.0895. The number of hydrogen-bond donors (Lipinski definition) is 1. The number of hydrogen-bond acceptors (Lipinski definition) is 6. The molecule has 0 aliphatic rings. The molecule has 0 amide bonds. The van der Waals surface area contributed by atoms with Gasteiger partial charge in [0.1, 0.15) is 5.69 Å². The largest absolute Gasteiger partial charge is 0.465 e. The van der Waals surface area contributed by atoms with Gasteiger partial charge in [-0.1, -0.05) is 36.4 Å². The molecule has 1 heterocycles. The second-order valence-corrected chi connectivity index (χ2v) is 8.96. The predicted octanol–water partition coefficient (Wildman–Crippen LogP) is 6.76. The van der Waals surface area contributed by atoms with Crippen LogP contribution in [0.3, 0.4) is 0 Å². The quantitative estimate of drug-likeness (QED) is 0.247. The second-order valence-electron chi connectivity index (χ2n) is 8.96. The van der Waals surface area contributed by atoms with E-state index in [0.29, 0.717) is 40.1 Å². The fraction of sp³-hybridized carbons (Fsp3) is 0.250. The van der Waals surface area contributed by atoms with Gasteiger partial charge in [0.25, 0.3) is 0 Å². The van der Waals surface area contributed by atoms with Crippen molar-refractivity contribution >= 4 is 40.7 Å². The normalized spacial score (nSPS) is 11.3. The van der Waals surface area contributed by atoms with Gasteiger partial charge in [-0.05, 0) is 69.4 Å². The van der Waals surface area contributed by atoms with Gasteiger partial charge in [0.2, 0.25) is 0 Å². The molecule has 3 aromatic carbocycles. The number of aromatic nitrogens is 2. The number of halogens is 4. The minimum atomic E-state index is -4.47. The summed E-state index contributed by atoms with van der Waals surface area (Å²) in [6, 6.07) is 18.2. The summed E-state index contributed by atoms with van der Waals surface area (Å²) in [7, 11) is 5.18. The minimum absolute atomic E-state index is 0. The molecule has 0 bridgehead atoms. The zero-order valence-corrected chi connectivity index (χ0v) is 22.0. The number of methoxy groups -OCH3 is 1. The first kappa shape index (κ1) is 28.9. The number of nitrogens with one attached hydrogen (secondary N) is 1. The summed E-state index contributed by atoms with van der Waals surface area (Å²) in [5.41, 5.74) is 1.92. The van der Waals surface area contributed by atoms with Crippen LogP contribution in [0.25, 0.3) is 22.0 Å². The number of rotatable bonds is 8. The zero-order valence-electron chi connectivity index (χ0n) is 21.2. The molecule has 0 radical (unpaired) electrons. The van der Waals surface area contributed by atoms with Crippen LogP contribution in [0.4, 0.5) is 24.7 Å². The molecule has 1 aromatic heterocycles. The summed E-state index contributed by atoms with van der Waals surface area (Å²) in [6.07, 6.45) is -3.22. The molecule has 4 aromatic rings. The molecule has 0 unspecified atom stereocenters. The van der Waals surface area contributed by atoms with E-state index >= 15 is 0 Å². The van der Waals surface area contributed by atoms with Gasteiger partial charge in [-0.15, -0.1) is 22.6 Å². The Kier molecular flexibility index (Phi) is 9.30. The van der Waals surface area contributed by atoms with Gasteiger partial charge in [-0.3, -0.25) is 0 Å². The zero-order chi connectivity index (χ0) is 26.6. The third kappa shape index (κ3) is 6.79. The first-order chi connectivity index (χ1) is 17.7. The van der Waals surface area contributed by atoms with Crippen molar-refractivity contribution in [1.29, 1.82) is 0 Å². The molecule has 1 N–H and O–H groups in total. The number of fused-ring (bicyclic) bond motifs is 1. The third-order valence-corrected chi connectivity index (χ3v) is 5.92. The van der Waals surface area contributed by atoms with Gasteiger partial charge < -0.3 is 15.0 Å². The molecule has 0 spiro atoms. The Bertz CT molecular complexity index is 1410. The number of aryl methyl sites for hydroxylation is 1. The Morgan fingerprint density at radius 2 is 1.66 bits per heavy atom. The van der Waals surface area contributed by atoms with E-state index in [1.807, 2.05) is 43.3 Å². The number of benzene rings is 3. The molecule has 0 aliphatic carbocycles. The van der Waals surface area contributed by atoms with E-state index in [2.05, 4.69) is 15.5 Å². The fourth-order valence-electron chi connectivity index (χ4n) is 4.10. The third-order valence-electron chi connectivity index (χ3n) is 5.92. The standard InChI is InChI=1S/C28H27F3N4O2.ClH/c1-35(2)14-6-7-18-15-21(28(29,30)31)17-22(16-18)32-26-24-9-5-4-8-23(24)25(33-34-26)19-10-12-20(13-11-19)27(36)37-3;/h4-5,8-13,15-17H,6-7,14H2,1-3H3,(H,32,34);1H. The Morgan fingerprint density at radius 3 is 2.29 bits per heavy atom. The lowest BCUT2D eigenvalue weighted by molar-refractivity contribution is -0.137. The van der Waals surface area contributed by atoms with E-state index < -0.39 is 17.7 Å². The average Bonchev–Trinajstić information content (AvgIpc) is 2.88. The molecule has 0 atom stereocenters. The van der Waals surface area contributed by atoms with Gasteiger partial charge in [-0.2, -0.15) is 13.2 Å². The van der Waals surface area contributed by atoms with Crippen LogP contribution in [-0.4, -0.2) is 48.8 Å². The van der Waals surface area contributed by atoms with E-state index in [1.54, 1.807) is 30.3 Å². The van der Waals surface area contributed by atoms with Crippen LogP contribution in [0.1, 0.15) is 27.9 Å². The summed E-state index contributed by atoms with van der Waals surface area (Å²) in [4.78, 5) is 13.8. The Hall–Kier alpha value is -3.69. The maximum absolute atomic E-state index is 13.6. The van der Waals surface area contributed by atoms with Crippen molar-refractivity contribution in [3.8, 4) is 11.3 Å². The first-order valence-corrected chi connectivity index (χ1v) is 11.7. The molecule has 200 valence electrons. The number of carbonyl (C=O) groups is 1. The number of carbonyl (C=O) groups excluding carboxylic acids is 1. The minimum Gasteiger partial charge on any atom is -0.465 e. The maximum atomic E-state index is 13.6. The van der Waals surface area contributed by atoms with Crippen LogP contribution < -0.4 is 5.32 Å². The van der Waals surface area contributed by atoms with Crippen LogP contribution in [0, 0.1) is 0 Å². The summed E-state index contributed by atoms with van der Waals surface area (Å²) in [5, 5.41) is 13.2. The summed E-state index contributed by atoms with van der Waals surface area (Å²) < 4.78 is 45.7. The first-order valence-electron chi connectivity index (χ1n) is 11.7. The van der Waals surface area contributed by atoms with E-state index in [9.17, 15) is 18.0 Å². The number of esters is 1. The molecule has 0 saturated carbocycles. The van der Waals surface area contributed by atoms with Crippen LogP contribution in [0.2, 0.25) is 0 Å². The molecule has 0 fully saturated rings. The molecule has 10 heteroatoms. The van der Waals surface area contributed by atoms with Gasteiger partial charge in [-0.25, -0.2) is 4.79 Å². The van der Waals surface area contributed by atoms with Crippen molar-refractivity contribution in [1.82, 2.24) is 15.1 Å². The van der Waals surface area contributed by atoms with Gasteiger partial charge in [0.05, 0.1) is 18.2 Å². The molecule has 0 aliphatic heterocycles. The van der Waals surface area contributed by atoms with E-state index in [-0.39, 0.29) is 12.4 Å². The lowest BCUT2D eigenvalue weighted by Crippen LogP contribution is -2.14. The highest BCUT2D eigenvalue weighted by atomic mass is 35.5. The lowest BCUT2D eigenvalue weighted by atomic mass is 10.0. The maximum Gasteiger partial charge on any atom is 0.416 e. The molecule has 4 rings (SSSR count). The highest BCUT2D eigenvalue weighted by Crippen LogP contribution is 2.35. The molecule has 6 nitrogen and oxygen atoms in total. The van der Waals surface area contributed by atoms with Gasteiger partial charge in [0, 0.05) is 22.0 Å². The topological polar surface area (TPSA) is 67.3 Å². The highest BCUT2D eigenvalue weighted by Gasteiger charge is 2.31. The number of ether oxygens (including phenoxy) is 1. The molecular weight excluding hydrogens is 517 g/mol. The molecule has 38 heavy (non-hydrogen) atoms. The Labute approximate surface area is 225 Å².